The summed E-state index contributed by atoms with van der Waals surface area (Å²) >= 11 is 5.25. The summed E-state index contributed by atoms with van der Waals surface area (Å²) in [7, 11) is 0. The molecule has 76 valence electrons. The van der Waals surface area contributed by atoms with Crippen molar-refractivity contribution >= 4 is 22.8 Å². The van der Waals surface area contributed by atoms with Crippen LogP contribution in [0.1, 0.15) is 13.3 Å². The van der Waals surface area contributed by atoms with Crippen LogP contribution in [0.4, 0.5) is 0 Å². The number of aliphatic carboxylic acids is 1. The van der Waals surface area contributed by atoms with Crippen molar-refractivity contribution in [2.45, 2.75) is 13.3 Å². The predicted octanol–water partition coefficient (Wildman–Crippen LogP) is 2.29. The molecule has 0 amide bonds. The van der Waals surface area contributed by atoms with Gasteiger partial charge in [0.15, 0.2) is 0 Å². The monoisotopic (exact) mass is 214 g/mol. The summed E-state index contributed by atoms with van der Waals surface area (Å²) in [4.78, 5) is 21.1. The molecule has 0 unspecified atom stereocenters. The third-order valence-corrected chi connectivity index (χ3v) is 1.61. The highest BCUT2D eigenvalue weighted by Gasteiger charge is 2.02. The highest BCUT2D eigenvalue weighted by Crippen LogP contribution is 2.06. The van der Waals surface area contributed by atoms with Crippen LogP contribution in [0.25, 0.3) is 0 Å². The van der Waals surface area contributed by atoms with Crippen LogP contribution in [0.2, 0.25) is 0 Å². The molecule has 0 saturated heterocycles. The Morgan fingerprint density at radius 1 is 1.43 bits per heavy atom. The molecule has 0 fully saturated rings. The molecule has 4 heteroatoms. The lowest BCUT2D eigenvalue weighted by Crippen LogP contribution is -1.96. The molecular weight excluding hydrogens is 204 g/mol. The number of allylic oxidation sites excluding steroid dienone is 3. The topological polar surface area (TPSA) is 54.4 Å². The summed E-state index contributed by atoms with van der Waals surface area (Å²) in [6, 6.07) is 0. The minimum absolute atomic E-state index is 0.0927. The Morgan fingerprint density at radius 3 is 2.36 bits per heavy atom. The van der Waals surface area contributed by atoms with Crippen LogP contribution < -0.4 is 0 Å². The van der Waals surface area contributed by atoms with Crippen molar-refractivity contribution in [2.75, 3.05) is 0 Å². The first kappa shape index (κ1) is 12.7. The number of carbonyl (C=O) groups excluding carboxylic acids is 1. The third kappa shape index (κ3) is 4.62. The van der Waals surface area contributed by atoms with E-state index in [2.05, 4.69) is 6.58 Å². The molecule has 0 aliphatic heterocycles. The maximum absolute atomic E-state index is 10.8. The molecule has 0 aromatic rings. The van der Waals surface area contributed by atoms with E-state index in [1.54, 1.807) is 6.08 Å². The van der Waals surface area contributed by atoms with Crippen molar-refractivity contribution in [2.24, 2.45) is 0 Å². The van der Waals surface area contributed by atoms with Gasteiger partial charge in [-0.3, -0.25) is 4.79 Å². The van der Waals surface area contributed by atoms with Crippen LogP contribution in [0.15, 0.2) is 36.0 Å². The smallest absolute Gasteiger partial charge is 0.335 e. The lowest BCUT2D eigenvalue weighted by molar-refractivity contribution is -0.132. The Labute approximate surface area is 87.4 Å². The first-order valence-electron chi connectivity index (χ1n) is 3.99. The Morgan fingerprint density at radius 2 is 2.00 bits per heavy atom. The molecule has 0 radical (unpaired) electrons. The summed E-state index contributed by atoms with van der Waals surface area (Å²) in [6.07, 6.45) is 4.85. The Kier molecular flexibility index (Phi) is 5.56. The molecular formula is C10H11ClO3. The van der Waals surface area contributed by atoms with Gasteiger partial charge in [0.2, 0.25) is 0 Å². The van der Waals surface area contributed by atoms with Gasteiger partial charge in [-0.05, 0) is 30.2 Å². The minimum atomic E-state index is -1.13. The van der Waals surface area contributed by atoms with Crippen LogP contribution in [0.5, 0.6) is 0 Å². The molecule has 1 N–H and O–H groups in total. The molecule has 0 heterocycles. The lowest BCUT2D eigenvalue weighted by atomic mass is 10.2. The van der Waals surface area contributed by atoms with E-state index in [1.807, 2.05) is 6.92 Å². The van der Waals surface area contributed by atoms with Gasteiger partial charge < -0.3 is 5.11 Å². The summed E-state index contributed by atoms with van der Waals surface area (Å²) in [5, 5.41) is 7.87. The number of carbonyl (C=O) groups is 2. The zero-order valence-corrected chi connectivity index (χ0v) is 8.54. The average molecular weight is 215 g/mol. The lowest BCUT2D eigenvalue weighted by Gasteiger charge is -1.93. The fraction of sp³-hybridized carbons (Fsp3) is 0.200. The fourth-order valence-corrected chi connectivity index (χ4v) is 0.836. The van der Waals surface area contributed by atoms with Crippen molar-refractivity contribution in [3.63, 3.8) is 0 Å². The SMILES string of the molecule is C=C(/C=C\C(=C/CC)C(=O)Cl)C(=O)O. The Hall–Kier alpha value is -1.35. The van der Waals surface area contributed by atoms with E-state index in [0.717, 1.165) is 0 Å². The number of hydrogen-bond donors (Lipinski definition) is 1. The van der Waals surface area contributed by atoms with E-state index in [4.69, 9.17) is 16.7 Å². The van der Waals surface area contributed by atoms with Crippen LogP contribution in [0, 0.1) is 0 Å². The van der Waals surface area contributed by atoms with Crippen molar-refractivity contribution in [3.05, 3.63) is 36.0 Å². The molecule has 3 nitrogen and oxygen atoms in total. The van der Waals surface area contributed by atoms with Gasteiger partial charge in [-0.1, -0.05) is 19.6 Å². The summed E-state index contributed by atoms with van der Waals surface area (Å²) in [6.45, 7) is 5.12. The standard InChI is InChI=1S/C10H11ClO3/c1-3-4-8(9(11)12)6-5-7(2)10(13)14/h4-6H,2-3H2,1H3,(H,13,14)/b6-5-,8-4+. The maximum atomic E-state index is 10.8. The van der Waals surface area contributed by atoms with Gasteiger partial charge in [-0.2, -0.15) is 0 Å². The second-order valence-corrected chi connectivity index (χ2v) is 2.85. The summed E-state index contributed by atoms with van der Waals surface area (Å²) < 4.78 is 0. The molecule has 0 atom stereocenters. The van der Waals surface area contributed by atoms with Gasteiger partial charge in [0.05, 0.1) is 5.57 Å². The molecule has 0 aliphatic rings. The van der Waals surface area contributed by atoms with Crippen molar-refractivity contribution < 1.29 is 14.7 Å². The number of carboxylic acids is 1. The number of carboxylic acid groups (broad SMARTS) is 1. The van der Waals surface area contributed by atoms with E-state index in [-0.39, 0.29) is 11.1 Å². The van der Waals surface area contributed by atoms with Crippen LogP contribution in [0.3, 0.4) is 0 Å². The summed E-state index contributed by atoms with van der Waals surface area (Å²) in [5.41, 5.74) is 0.182. The molecule has 0 aromatic heterocycles. The van der Waals surface area contributed by atoms with E-state index in [9.17, 15) is 9.59 Å². The zero-order chi connectivity index (χ0) is 11.1. The maximum Gasteiger partial charge on any atom is 0.335 e. The second-order valence-electron chi connectivity index (χ2n) is 2.51. The first-order chi connectivity index (χ1) is 6.49. The zero-order valence-electron chi connectivity index (χ0n) is 7.79. The van der Waals surface area contributed by atoms with E-state index in [0.29, 0.717) is 6.42 Å². The predicted molar refractivity (Wildman–Crippen MR) is 55.1 cm³/mol. The molecule has 0 rings (SSSR count). The highest BCUT2D eigenvalue weighted by molar-refractivity contribution is 6.68. The number of rotatable bonds is 5. The van der Waals surface area contributed by atoms with Crippen LogP contribution >= 0.6 is 11.6 Å². The third-order valence-electron chi connectivity index (χ3n) is 1.39. The summed E-state index contributed by atoms with van der Waals surface area (Å²) in [5.74, 6) is -1.13. The van der Waals surface area contributed by atoms with E-state index in [1.165, 1.54) is 12.2 Å². The fourth-order valence-electron chi connectivity index (χ4n) is 0.695. The number of halogens is 1. The van der Waals surface area contributed by atoms with Gasteiger partial charge >= 0.3 is 5.97 Å². The molecule has 0 aliphatic carbocycles. The second kappa shape index (κ2) is 6.16. The van der Waals surface area contributed by atoms with E-state index >= 15 is 0 Å². The van der Waals surface area contributed by atoms with Crippen molar-refractivity contribution in [1.29, 1.82) is 0 Å². The number of hydrogen-bond acceptors (Lipinski definition) is 2. The van der Waals surface area contributed by atoms with E-state index < -0.39 is 11.2 Å². The van der Waals surface area contributed by atoms with Gasteiger partial charge in [0, 0.05) is 5.57 Å². The molecule has 0 saturated carbocycles. The van der Waals surface area contributed by atoms with Crippen LogP contribution in [-0.4, -0.2) is 16.3 Å². The molecule has 0 aromatic carbocycles. The largest absolute Gasteiger partial charge is 0.478 e. The molecule has 0 bridgehead atoms. The quantitative estimate of drug-likeness (QED) is 0.434. The molecule has 0 spiro atoms. The average Bonchev–Trinajstić information content (AvgIpc) is 2.10. The van der Waals surface area contributed by atoms with Crippen molar-refractivity contribution in [1.82, 2.24) is 0 Å². The minimum Gasteiger partial charge on any atom is -0.478 e. The Balaban J connectivity index is 4.62. The normalized spacial score (nSPS) is 11.7. The van der Waals surface area contributed by atoms with Crippen LogP contribution in [-0.2, 0) is 9.59 Å². The molecule has 14 heavy (non-hydrogen) atoms. The van der Waals surface area contributed by atoms with Crippen molar-refractivity contribution in [3.8, 4) is 0 Å². The van der Waals surface area contributed by atoms with Gasteiger partial charge in [0.1, 0.15) is 0 Å². The van der Waals surface area contributed by atoms with Gasteiger partial charge in [-0.15, -0.1) is 0 Å². The highest BCUT2D eigenvalue weighted by atomic mass is 35.5. The Bertz CT molecular complexity index is 313. The first-order valence-corrected chi connectivity index (χ1v) is 4.37. The van der Waals surface area contributed by atoms with Gasteiger partial charge in [-0.25, -0.2) is 4.79 Å². The van der Waals surface area contributed by atoms with Gasteiger partial charge in [0.25, 0.3) is 5.24 Å².